The maximum atomic E-state index is 12.2. The minimum atomic E-state index is -0.494. The van der Waals surface area contributed by atoms with Crippen LogP contribution in [0.3, 0.4) is 0 Å². The van der Waals surface area contributed by atoms with Crippen LogP contribution in [0.2, 0.25) is 0 Å². The molecule has 0 N–H and O–H groups in total. The van der Waals surface area contributed by atoms with Gasteiger partial charge in [-0.2, -0.15) is 5.10 Å². The Morgan fingerprint density at radius 2 is 1.77 bits per heavy atom. The molecule has 1 amide bonds. The number of anilines is 1. The van der Waals surface area contributed by atoms with E-state index in [2.05, 4.69) is 31.5 Å². The monoisotopic (exact) mass is 407 g/mol. The molecule has 3 aromatic heterocycles. The first-order chi connectivity index (χ1) is 14.3. The van der Waals surface area contributed by atoms with E-state index in [9.17, 15) is 4.79 Å². The number of ether oxygens (including phenoxy) is 1. The number of rotatable bonds is 3. The van der Waals surface area contributed by atoms with E-state index in [0.29, 0.717) is 32.1 Å². The van der Waals surface area contributed by atoms with E-state index in [-0.39, 0.29) is 6.09 Å². The normalized spacial score (nSPS) is 14.8. The first kappa shape index (κ1) is 19.8. The van der Waals surface area contributed by atoms with Gasteiger partial charge in [0.2, 0.25) is 5.95 Å². The summed E-state index contributed by atoms with van der Waals surface area (Å²) in [5, 5.41) is 4.51. The highest BCUT2D eigenvalue weighted by atomic mass is 16.6. The number of fused-ring (bicyclic) bond motifs is 1. The largest absolute Gasteiger partial charge is 0.444 e. The summed E-state index contributed by atoms with van der Waals surface area (Å²) < 4.78 is 7.20. The number of imidazole rings is 1. The van der Waals surface area contributed by atoms with Gasteiger partial charge in [0.1, 0.15) is 5.60 Å². The molecule has 0 unspecified atom stereocenters. The van der Waals surface area contributed by atoms with Crippen LogP contribution in [-0.2, 0) is 4.74 Å². The topological polar surface area (TPSA) is 88.8 Å². The van der Waals surface area contributed by atoms with Crippen LogP contribution in [0.4, 0.5) is 10.7 Å². The summed E-state index contributed by atoms with van der Waals surface area (Å²) in [4.78, 5) is 29.4. The van der Waals surface area contributed by atoms with Crippen LogP contribution in [0.5, 0.6) is 0 Å². The molecule has 1 fully saturated rings. The van der Waals surface area contributed by atoms with Crippen molar-refractivity contribution in [1.82, 2.24) is 29.5 Å². The van der Waals surface area contributed by atoms with Crippen LogP contribution in [0.25, 0.3) is 23.0 Å². The van der Waals surface area contributed by atoms with Crippen LogP contribution in [0, 0.1) is 0 Å². The molecule has 0 atom stereocenters. The van der Waals surface area contributed by atoms with Gasteiger partial charge in [0.25, 0.3) is 0 Å². The van der Waals surface area contributed by atoms with Crippen molar-refractivity contribution >= 4 is 23.8 Å². The van der Waals surface area contributed by atoms with Gasteiger partial charge in [0, 0.05) is 44.1 Å². The second-order valence-corrected chi connectivity index (χ2v) is 8.10. The molecule has 9 nitrogen and oxygen atoms in total. The predicted octanol–water partition coefficient (Wildman–Crippen LogP) is 2.89. The highest BCUT2D eigenvalue weighted by Crippen LogP contribution is 2.21. The lowest BCUT2D eigenvalue weighted by Crippen LogP contribution is -2.50. The molecular formula is C21H25N7O2. The lowest BCUT2D eigenvalue weighted by Gasteiger charge is -2.35. The molecule has 4 rings (SSSR count). The Bertz CT molecular complexity index is 1060. The lowest BCUT2D eigenvalue weighted by molar-refractivity contribution is 0.0240. The molecular weight excluding hydrogens is 382 g/mol. The molecule has 9 heteroatoms. The van der Waals surface area contributed by atoms with Crippen LogP contribution in [0.15, 0.2) is 37.3 Å². The zero-order valence-corrected chi connectivity index (χ0v) is 17.4. The summed E-state index contributed by atoms with van der Waals surface area (Å²) in [5.74, 6) is 0.635. The van der Waals surface area contributed by atoms with Crippen LogP contribution >= 0.6 is 0 Å². The van der Waals surface area contributed by atoms with Gasteiger partial charge in [-0.15, -0.1) is 0 Å². The Kier molecular flexibility index (Phi) is 5.11. The van der Waals surface area contributed by atoms with Crippen molar-refractivity contribution in [2.45, 2.75) is 26.4 Å². The highest BCUT2D eigenvalue weighted by molar-refractivity contribution is 5.68. The van der Waals surface area contributed by atoms with Gasteiger partial charge in [-0.1, -0.05) is 6.58 Å². The van der Waals surface area contributed by atoms with E-state index in [1.54, 1.807) is 34.1 Å². The molecule has 30 heavy (non-hydrogen) atoms. The minimum absolute atomic E-state index is 0.280. The predicted molar refractivity (Wildman–Crippen MR) is 114 cm³/mol. The zero-order valence-electron chi connectivity index (χ0n) is 17.4. The molecule has 0 saturated carbocycles. The van der Waals surface area contributed by atoms with Crippen LogP contribution < -0.4 is 4.90 Å². The molecule has 0 spiro atoms. The van der Waals surface area contributed by atoms with Crippen molar-refractivity contribution in [2.24, 2.45) is 0 Å². The van der Waals surface area contributed by atoms with Crippen molar-refractivity contribution in [1.29, 1.82) is 0 Å². The Hall–Kier alpha value is -3.49. The van der Waals surface area contributed by atoms with Gasteiger partial charge < -0.3 is 14.5 Å². The summed E-state index contributed by atoms with van der Waals surface area (Å²) in [6, 6.07) is 3.77. The molecule has 1 saturated heterocycles. The molecule has 4 heterocycles. The van der Waals surface area contributed by atoms with Gasteiger partial charge in [-0.3, -0.25) is 0 Å². The van der Waals surface area contributed by atoms with E-state index in [4.69, 9.17) is 4.74 Å². The Morgan fingerprint density at radius 3 is 2.40 bits per heavy atom. The van der Waals surface area contributed by atoms with E-state index < -0.39 is 5.60 Å². The molecule has 0 aliphatic carbocycles. The van der Waals surface area contributed by atoms with Crippen molar-refractivity contribution in [3.63, 3.8) is 0 Å². The molecule has 0 aromatic carbocycles. The lowest BCUT2D eigenvalue weighted by atomic mass is 10.2. The third kappa shape index (κ3) is 4.10. The number of carbonyl (C=O) groups excluding carboxylic acids is 1. The average molecular weight is 407 g/mol. The van der Waals surface area contributed by atoms with Crippen molar-refractivity contribution < 1.29 is 9.53 Å². The second-order valence-electron chi connectivity index (χ2n) is 8.10. The smallest absolute Gasteiger partial charge is 0.410 e. The van der Waals surface area contributed by atoms with Crippen molar-refractivity contribution in [3.05, 3.63) is 43.0 Å². The quantitative estimate of drug-likeness (QED) is 0.659. The van der Waals surface area contributed by atoms with Gasteiger partial charge >= 0.3 is 6.09 Å². The summed E-state index contributed by atoms with van der Waals surface area (Å²) in [6.07, 6.45) is 6.72. The molecule has 1 aliphatic rings. The molecule has 1 aliphatic heterocycles. The van der Waals surface area contributed by atoms with E-state index in [1.165, 1.54) is 0 Å². The van der Waals surface area contributed by atoms with E-state index in [0.717, 1.165) is 22.6 Å². The molecule has 0 bridgehead atoms. The van der Waals surface area contributed by atoms with Crippen LogP contribution in [0.1, 0.15) is 26.5 Å². The maximum Gasteiger partial charge on any atom is 0.410 e. The number of nitrogens with zero attached hydrogens (tertiary/aromatic N) is 7. The number of amides is 1. The van der Waals surface area contributed by atoms with E-state index >= 15 is 0 Å². The fraction of sp³-hybridized carbons (Fsp3) is 0.381. The van der Waals surface area contributed by atoms with Gasteiger partial charge in [-0.05, 0) is 39.0 Å². The standard InChI is InChI=1S/C21H25N7O2/c1-5-16-6-7-18-22-14-17(28(18)25-16)15-12-23-19(24-13-15)26-8-10-27(11-9-26)20(29)30-21(2,3)4/h5-7,12-14H,1,8-11H2,2-4H3. The van der Waals surface area contributed by atoms with Gasteiger partial charge in [0.05, 0.1) is 17.6 Å². The molecule has 0 radical (unpaired) electrons. The number of hydrogen-bond donors (Lipinski definition) is 0. The Labute approximate surface area is 175 Å². The summed E-state index contributed by atoms with van der Waals surface area (Å²) in [7, 11) is 0. The van der Waals surface area contributed by atoms with Crippen molar-refractivity contribution in [2.75, 3.05) is 31.1 Å². The minimum Gasteiger partial charge on any atom is -0.444 e. The Balaban J connectivity index is 1.45. The number of hydrogen-bond acceptors (Lipinski definition) is 7. The highest BCUT2D eigenvalue weighted by Gasteiger charge is 2.26. The first-order valence-corrected chi connectivity index (χ1v) is 9.86. The Morgan fingerprint density at radius 1 is 1.07 bits per heavy atom. The average Bonchev–Trinajstić information content (AvgIpc) is 3.16. The fourth-order valence-electron chi connectivity index (χ4n) is 3.23. The van der Waals surface area contributed by atoms with Crippen LogP contribution in [-0.4, -0.2) is 67.3 Å². The zero-order chi connectivity index (χ0) is 21.3. The van der Waals surface area contributed by atoms with Gasteiger partial charge in [0.15, 0.2) is 5.65 Å². The third-order valence-electron chi connectivity index (χ3n) is 4.74. The van der Waals surface area contributed by atoms with Crippen molar-refractivity contribution in [3.8, 4) is 11.3 Å². The SMILES string of the molecule is C=Cc1ccc2ncc(-c3cnc(N4CCN(C(=O)OC(C)(C)C)CC4)nc3)n2n1. The third-order valence-corrected chi connectivity index (χ3v) is 4.74. The molecule has 156 valence electrons. The van der Waals surface area contributed by atoms with Gasteiger partial charge in [-0.25, -0.2) is 24.3 Å². The number of carbonyl (C=O) groups is 1. The first-order valence-electron chi connectivity index (χ1n) is 9.86. The maximum absolute atomic E-state index is 12.2. The summed E-state index contributed by atoms with van der Waals surface area (Å²) in [6.45, 7) is 11.8. The second kappa shape index (κ2) is 7.74. The fourth-order valence-corrected chi connectivity index (χ4v) is 3.23. The van der Waals surface area contributed by atoms with E-state index in [1.807, 2.05) is 32.9 Å². The number of aromatic nitrogens is 5. The molecule has 3 aromatic rings. The number of piperazine rings is 1. The summed E-state index contributed by atoms with van der Waals surface area (Å²) >= 11 is 0. The summed E-state index contributed by atoms with van der Waals surface area (Å²) in [5.41, 5.74) is 2.66.